The van der Waals surface area contributed by atoms with Crippen molar-refractivity contribution in [3.05, 3.63) is 0 Å². The standard InChI is InChI=1S/C13H25N3O3/c1-9(2)5-11(12(17)18)7-15-13(19)16-4-3-10(6-14)8-16/h9-11H,3-8,14H2,1-2H3,(H,15,19)(H,17,18). The molecule has 2 amide bonds. The highest BCUT2D eigenvalue weighted by Gasteiger charge is 2.26. The van der Waals surface area contributed by atoms with Gasteiger partial charge in [0.2, 0.25) is 0 Å². The van der Waals surface area contributed by atoms with Crippen molar-refractivity contribution in [3.63, 3.8) is 0 Å². The number of nitrogens with zero attached hydrogens (tertiary/aromatic N) is 1. The van der Waals surface area contributed by atoms with Crippen molar-refractivity contribution in [2.45, 2.75) is 26.7 Å². The SMILES string of the molecule is CC(C)CC(CNC(=O)N1CCC(CN)C1)C(=O)O. The average Bonchev–Trinajstić information content (AvgIpc) is 2.82. The molecule has 1 aliphatic heterocycles. The van der Waals surface area contributed by atoms with E-state index in [2.05, 4.69) is 5.32 Å². The second-order valence-electron chi connectivity index (χ2n) is 5.69. The largest absolute Gasteiger partial charge is 0.481 e. The molecule has 0 bridgehead atoms. The number of hydrogen-bond acceptors (Lipinski definition) is 3. The molecule has 6 nitrogen and oxygen atoms in total. The number of carbonyl (C=O) groups is 2. The third kappa shape index (κ3) is 5.06. The second kappa shape index (κ2) is 7.33. The number of carbonyl (C=O) groups excluding carboxylic acids is 1. The second-order valence-corrected chi connectivity index (χ2v) is 5.69. The van der Waals surface area contributed by atoms with Crippen LogP contribution in [0.4, 0.5) is 4.79 Å². The third-order valence-electron chi connectivity index (χ3n) is 3.51. The number of rotatable bonds is 6. The number of carboxylic acid groups (broad SMARTS) is 1. The summed E-state index contributed by atoms with van der Waals surface area (Å²) in [4.78, 5) is 24.7. The van der Waals surface area contributed by atoms with Crippen molar-refractivity contribution in [2.75, 3.05) is 26.2 Å². The Labute approximate surface area is 114 Å². The highest BCUT2D eigenvalue weighted by Crippen LogP contribution is 2.15. The van der Waals surface area contributed by atoms with Gasteiger partial charge in [-0.1, -0.05) is 13.8 Å². The molecule has 1 aliphatic rings. The highest BCUT2D eigenvalue weighted by molar-refractivity contribution is 5.76. The van der Waals surface area contributed by atoms with Gasteiger partial charge in [-0.25, -0.2) is 4.79 Å². The molecule has 0 aromatic rings. The Balaban J connectivity index is 2.37. The van der Waals surface area contributed by atoms with Crippen LogP contribution in [0.2, 0.25) is 0 Å². The monoisotopic (exact) mass is 271 g/mol. The molecule has 0 aromatic heterocycles. The molecule has 110 valence electrons. The van der Waals surface area contributed by atoms with Crippen LogP contribution in [0.15, 0.2) is 0 Å². The molecule has 2 unspecified atom stereocenters. The number of nitrogens with two attached hydrogens (primary N) is 1. The van der Waals surface area contributed by atoms with Crippen molar-refractivity contribution in [1.82, 2.24) is 10.2 Å². The third-order valence-corrected chi connectivity index (χ3v) is 3.51. The Morgan fingerprint density at radius 2 is 2.16 bits per heavy atom. The summed E-state index contributed by atoms with van der Waals surface area (Å²) in [6.07, 6.45) is 1.50. The van der Waals surface area contributed by atoms with Crippen molar-refractivity contribution in [3.8, 4) is 0 Å². The van der Waals surface area contributed by atoms with Gasteiger partial charge in [0, 0.05) is 19.6 Å². The summed E-state index contributed by atoms with van der Waals surface area (Å²) in [6, 6.07) is -0.175. The summed E-state index contributed by atoms with van der Waals surface area (Å²) < 4.78 is 0. The lowest BCUT2D eigenvalue weighted by atomic mass is 9.97. The topological polar surface area (TPSA) is 95.7 Å². The minimum atomic E-state index is -0.852. The lowest BCUT2D eigenvalue weighted by Gasteiger charge is -2.20. The van der Waals surface area contributed by atoms with E-state index in [0.717, 1.165) is 6.42 Å². The molecule has 0 spiro atoms. The van der Waals surface area contributed by atoms with Gasteiger partial charge in [-0.05, 0) is 31.2 Å². The smallest absolute Gasteiger partial charge is 0.317 e. The lowest BCUT2D eigenvalue weighted by molar-refractivity contribution is -0.142. The number of hydrogen-bond donors (Lipinski definition) is 3. The minimum absolute atomic E-state index is 0.175. The minimum Gasteiger partial charge on any atom is -0.481 e. The Hall–Kier alpha value is -1.30. The average molecular weight is 271 g/mol. The molecule has 2 atom stereocenters. The molecule has 1 heterocycles. The summed E-state index contributed by atoms with van der Waals surface area (Å²) in [6.45, 7) is 6.11. The first-order valence-electron chi connectivity index (χ1n) is 6.89. The maximum Gasteiger partial charge on any atom is 0.317 e. The first-order valence-corrected chi connectivity index (χ1v) is 6.89. The van der Waals surface area contributed by atoms with Gasteiger partial charge in [-0.3, -0.25) is 4.79 Å². The number of amides is 2. The molecule has 4 N–H and O–H groups in total. The molecular formula is C13H25N3O3. The lowest BCUT2D eigenvalue weighted by Crippen LogP contribution is -2.42. The van der Waals surface area contributed by atoms with E-state index in [0.29, 0.717) is 37.9 Å². The van der Waals surface area contributed by atoms with Crippen LogP contribution in [0.25, 0.3) is 0 Å². The van der Waals surface area contributed by atoms with E-state index in [4.69, 9.17) is 10.8 Å². The van der Waals surface area contributed by atoms with Gasteiger partial charge in [0.1, 0.15) is 0 Å². The normalized spacial score (nSPS) is 20.6. The molecular weight excluding hydrogens is 246 g/mol. The first kappa shape index (κ1) is 15.8. The summed E-state index contributed by atoms with van der Waals surface area (Å²) in [5.74, 6) is -0.699. The van der Waals surface area contributed by atoms with E-state index in [1.165, 1.54) is 0 Å². The van der Waals surface area contributed by atoms with Gasteiger partial charge in [-0.15, -0.1) is 0 Å². The van der Waals surface area contributed by atoms with Crippen LogP contribution in [-0.2, 0) is 4.79 Å². The molecule has 0 aliphatic carbocycles. The van der Waals surface area contributed by atoms with Gasteiger partial charge < -0.3 is 21.1 Å². The molecule has 6 heteroatoms. The first-order chi connectivity index (χ1) is 8.93. The zero-order valence-electron chi connectivity index (χ0n) is 11.8. The van der Waals surface area contributed by atoms with Crippen LogP contribution in [0.5, 0.6) is 0 Å². The van der Waals surface area contributed by atoms with Gasteiger partial charge in [0.15, 0.2) is 0 Å². The molecule has 0 radical (unpaired) electrons. The van der Waals surface area contributed by atoms with E-state index in [9.17, 15) is 9.59 Å². The van der Waals surface area contributed by atoms with Crippen LogP contribution in [0.1, 0.15) is 26.7 Å². The van der Waals surface area contributed by atoms with Crippen molar-refractivity contribution in [1.29, 1.82) is 0 Å². The fourth-order valence-electron chi connectivity index (χ4n) is 2.37. The predicted molar refractivity (Wildman–Crippen MR) is 72.7 cm³/mol. The van der Waals surface area contributed by atoms with Crippen LogP contribution in [0.3, 0.4) is 0 Å². The highest BCUT2D eigenvalue weighted by atomic mass is 16.4. The van der Waals surface area contributed by atoms with Crippen molar-refractivity contribution < 1.29 is 14.7 Å². The van der Waals surface area contributed by atoms with Crippen molar-refractivity contribution >= 4 is 12.0 Å². The maximum absolute atomic E-state index is 11.9. The summed E-state index contributed by atoms with van der Waals surface area (Å²) >= 11 is 0. The van der Waals surface area contributed by atoms with Gasteiger partial charge >= 0.3 is 12.0 Å². The number of aliphatic carboxylic acids is 1. The Morgan fingerprint density at radius 3 is 2.63 bits per heavy atom. The number of likely N-dealkylation sites (tertiary alicyclic amines) is 1. The van der Waals surface area contributed by atoms with E-state index >= 15 is 0 Å². The predicted octanol–water partition coefficient (Wildman–Crippen LogP) is 0.724. The molecule has 1 rings (SSSR count). The quantitative estimate of drug-likeness (QED) is 0.663. The molecule has 19 heavy (non-hydrogen) atoms. The fourth-order valence-corrected chi connectivity index (χ4v) is 2.37. The molecule has 0 saturated carbocycles. The van der Waals surface area contributed by atoms with Gasteiger partial charge in [-0.2, -0.15) is 0 Å². The number of carboxylic acids is 1. The van der Waals surface area contributed by atoms with Crippen LogP contribution in [0, 0.1) is 17.8 Å². The van der Waals surface area contributed by atoms with Crippen LogP contribution >= 0.6 is 0 Å². The Morgan fingerprint density at radius 1 is 1.47 bits per heavy atom. The van der Waals surface area contributed by atoms with E-state index in [-0.39, 0.29) is 12.6 Å². The number of nitrogens with one attached hydrogen (secondary N) is 1. The molecule has 1 saturated heterocycles. The van der Waals surface area contributed by atoms with E-state index in [1.54, 1.807) is 4.90 Å². The summed E-state index contributed by atoms with van der Waals surface area (Å²) in [5.41, 5.74) is 5.58. The van der Waals surface area contributed by atoms with E-state index in [1.807, 2.05) is 13.8 Å². The summed E-state index contributed by atoms with van der Waals surface area (Å²) in [7, 11) is 0. The zero-order valence-corrected chi connectivity index (χ0v) is 11.8. The molecule has 0 aromatic carbocycles. The number of urea groups is 1. The maximum atomic E-state index is 11.9. The summed E-state index contributed by atoms with van der Waals surface area (Å²) in [5, 5.41) is 11.8. The van der Waals surface area contributed by atoms with Crippen molar-refractivity contribution in [2.24, 2.45) is 23.5 Å². The van der Waals surface area contributed by atoms with E-state index < -0.39 is 11.9 Å². The zero-order chi connectivity index (χ0) is 14.4. The van der Waals surface area contributed by atoms with Crippen LogP contribution in [-0.4, -0.2) is 48.2 Å². The molecule has 1 fully saturated rings. The van der Waals surface area contributed by atoms with Gasteiger partial charge in [0.05, 0.1) is 5.92 Å². The Kier molecular flexibility index (Phi) is 6.08. The Bertz CT molecular complexity index is 320. The fraction of sp³-hybridized carbons (Fsp3) is 0.846. The van der Waals surface area contributed by atoms with Gasteiger partial charge in [0.25, 0.3) is 0 Å². The van der Waals surface area contributed by atoms with Crippen LogP contribution < -0.4 is 11.1 Å².